The Labute approximate surface area is 138 Å². The van der Waals surface area contributed by atoms with Gasteiger partial charge in [0.15, 0.2) is 18.1 Å². The Morgan fingerprint density at radius 2 is 2.04 bits per heavy atom. The average Bonchev–Trinajstić information content (AvgIpc) is 3.01. The molecule has 1 aromatic rings. The summed E-state index contributed by atoms with van der Waals surface area (Å²) in [6.07, 6.45) is 1.63. The monoisotopic (exact) mass is 336 g/mol. The highest BCUT2D eigenvalue weighted by atomic mass is 16.5. The van der Waals surface area contributed by atoms with Gasteiger partial charge >= 0.3 is 5.97 Å². The minimum Gasteiger partial charge on any atom is -0.493 e. The number of nitrogens with two attached hydrogens (primary N) is 1. The molecule has 8 nitrogen and oxygen atoms in total. The molecule has 0 aliphatic heterocycles. The van der Waals surface area contributed by atoms with Crippen molar-refractivity contribution in [3.05, 3.63) is 23.8 Å². The van der Waals surface area contributed by atoms with Crippen molar-refractivity contribution in [1.29, 1.82) is 0 Å². The maximum Gasteiger partial charge on any atom is 0.306 e. The van der Waals surface area contributed by atoms with Crippen LogP contribution in [0.25, 0.3) is 0 Å². The second kappa shape index (κ2) is 7.67. The van der Waals surface area contributed by atoms with Gasteiger partial charge in [-0.15, -0.1) is 0 Å². The highest BCUT2D eigenvalue weighted by molar-refractivity contribution is 5.95. The van der Waals surface area contributed by atoms with Gasteiger partial charge < -0.3 is 25.6 Å². The predicted molar refractivity (Wildman–Crippen MR) is 83.9 cm³/mol. The lowest BCUT2D eigenvalue weighted by Crippen LogP contribution is -2.33. The van der Waals surface area contributed by atoms with Gasteiger partial charge in [0.25, 0.3) is 11.8 Å². The number of carboxylic acids is 1. The molecule has 130 valence electrons. The number of hydrogen-bond donors (Lipinski definition) is 3. The number of hydrogen-bond acceptors (Lipinski definition) is 5. The van der Waals surface area contributed by atoms with Crippen molar-refractivity contribution in [3.63, 3.8) is 0 Å². The Morgan fingerprint density at radius 1 is 1.29 bits per heavy atom. The number of amides is 2. The van der Waals surface area contributed by atoms with Gasteiger partial charge in [-0.2, -0.15) is 0 Å². The quantitative estimate of drug-likeness (QED) is 0.667. The number of primary amides is 1. The van der Waals surface area contributed by atoms with Gasteiger partial charge in [0.2, 0.25) is 0 Å². The molecule has 2 atom stereocenters. The zero-order valence-corrected chi connectivity index (χ0v) is 13.3. The topological polar surface area (TPSA) is 128 Å². The second-order valence-corrected chi connectivity index (χ2v) is 5.64. The van der Waals surface area contributed by atoms with Crippen molar-refractivity contribution in [2.24, 2.45) is 11.7 Å². The van der Waals surface area contributed by atoms with Gasteiger partial charge in [-0.1, -0.05) is 0 Å². The molecule has 0 radical (unpaired) electrons. The van der Waals surface area contributed by atoms with Crippen LogP contribution in [0.2, 0.25) is 0 Å². The summed E-state index contributed by atoms with van der Waals surface area (Å²) in [5, 5.41) is 11.8. The molecule has 0 aromatic heterocycles. The highest BCUT2D eigenvalue weighted by Gasteiger charge is 2.30. The van der Waals surface area contributed by atoms with E-state index in [9.17, 15) is 14.4 Å². The molecule has 1 aliphatic carbocycles. The molecule has 0 bridgehead atoms. The van der Waals surface area contributed by atoms with Gasteiger partial charge in [-0.05, 0) is 37.5 Å². The third-order valence-electron chi connectivity index (χ3n) is 3.91. The van der Waals surface area contributed by atoms with E-state index in [1.807, 2.05) is 0 Å². The SMILES string of the molecule is COc1cc(C(=O)N[C@@H]2CC[C@H](C(=O)O)C2)ccc1OCC(N)=O. The Bertz CT molecular complexity index is 645. The first kappa shape index (κ1) is 17.6. The number of carboxylic acid groups (broad SMARTS) is 1. The summed E-state index contributed by atoms with van der Waals surface area (Å²) in [6.45, 7) is -0.291. The number of methoxy groups -OCH3 is 1. The first-order valence-electron chi connectivity index (χ1n) is 7.53. The summed E-state index contributed by atoms with van der Waals surface area (Å²) in [7, 11) is 1.42. The van der Waals surface area contributed by atoms with Crippen LogP contribution in [0.5, 0.6) is 11.5 Å². The fraction of sp³-hybridized carbons (Fsp3) is 0.438. The molecule has 0 saturated heterocycles. The van der Waals surface area contributed by atoms with Crippen molar-refractivity contribution in [1.82, 2.24) is 5.32 Å². The van der Waals surface area contributed by atoms with Crippen LogP contribution in [-0.4, -0.2) is 42.6 Å². The van der Waals surface area contributed by atoms with E-state index >= 15 is 0 Å². The Morgan fingerprint density at radius 3 is 2.62 bits per heavy atom. The molecule has 8 heteroatoms. The van der Waals surface area contributed by atoms with E-state index in [-0.39, 0.29) is 18.6 Å². The maximum absolute atomic E-state index is 12.3. The van der Waals surface area contributed by atoms with Crippen molar-refractivity contribution in [3.8, 4) is 11.5 Å². The minimum atomic E-state index is -0.829. The molecule has 1 saturated carbocycles. The van der Waals surface area contributed by atoms with Gasteiger partial charge in [0, 0.05) is 11.6 Å². The van der Waals surface area contributed by atoms with Gasteiger partial charge in [-0.25, -0.2) is 0 Å². The number of aliphatic carboxylic acids is 1. The molecule has 0 spiro atoms. The Hall–Kier alpha value is -2.77. The summed E-state index contributed by atoms with van der Waals surface area (Å²) in [4.78, 5) is 34.0. The van der Waals surface area contributed by atoms with Crippen molar-refractivity contribution in [2.75, 3.05) is 13.7 Å². The highest BCUT2D eigenvalue weighted by Crippen LogP contribution is 2.29. The molecule has 1 fully saturated rings. The number of rotatable bonds is 7. The van der Waals surface area contributed by atoms with Gasteiger partial charge in [0.1, 0.15) is 0 Å². The van der Waals surface area contributed by atoms with Crippen LogP contribution in [0.4, 0.5) is 0 Å². The number of nitrogens with one attached hydrogen (secondary N) is 1. The van der Waals surface area contributed by atoms with Crippen molar-refractivity contribution in [2.45, 2.75) is 25.3 Å². The van der Waals surface area contributed by atoms with E-state index in [1.165, 1.54) is 25.3 Å². The van der Waals surface area contributed by atoms with Crippen LogP contribution in [-0.2, 0) is 9.59 Å². The molecular formula is C16H20N2O6. The molecule has 0 unspecified atom stereocenters. The van der Waals surface area contributed by atoms with Crippen molar-refractivity contribution >= 4 is 17.8 Å². The summed E-state index contributed by atoms with van der Waals surface area (Å²) < 4.78 is 10.4. The van der Waals surface area contributed by atoms with Crippen LogP contribution in [0.1, 0.15) is 29.6 Å². The fourth-order valence-electron chi connectivity index (χ4n) is 2.68. The second-order valence-electron chi connectivity index (χ2n) is 5.64. The number of carbonyl (C=O) groups is 3. The largest absolute Gasteiger partial charge is 0.493 e. The molecule has 0 heterocycles. The molecule has 24 heavy (non-hydrogen) atoms. The maximum atomic E-state index is 12.3. The third kappa shape index (κ3) is 4.37. The van der Waals surface area contributed by atoms with Crippen LogP contribution in [0.3, 0.4) is 0 Å². The lowest BCUT2D eigenvalue weighted by Gasteiger charge is -2.14. The van der Waals surface area contributed by atoms with Crippen LogP contribution in [0, 0.1) is 5.92 Å². The number of benzene rings is 1. The standard InChI is InChI=1S/C16H20N2O6/c1-23-13-7-9(3-5-12(13)24-8-14(17)19)15(20)18-11-4-2-10(6-11)16(21)22/h3,5,7,10-11H,2,4,6,8H2,1H3,(H2,17,19)(H,18,20)(H,21,22)/t10-,11+/m0/s1. The Kier molecular flexibility index (Phi) is 5.62. The molecular weight excluding hydrogens is 316 g/mol. The predicted octanol–water partition coefficient (Wildman–Crippen LogP) is 0.542. The molecule has 2 rings (SSSR count). The van der Waals surface area contributed by atoms with Gasteiger partial charge in [0.05, 0.1) is 13.0 Å². The van der Waals surface area contributed by atoms with E-state index in [1.54, 1.807) is 0 Å². The van der Waals surface area contributed by atoms with Crippen molar-refractivity contribution < 1.29 is 29.0 Å². The summed E-state index contributed by atoms with van der Waals surface area (Å²) >= 11 is 0. The first-order valence-corrected chi connectivity index (χ1v) is 7.53. The number of carbonyl (C=O) groups excluding carboxylic acids is 2. The minimum absolute atomic E-state index is 0.157. The number of ether oxygens (including phenoxy) is 2. The molecule has 1 aliphatic rings. The van der Waals surface area contributed by atoms with E-state index in [0.29, 0.717) is 36.3 Å². The lowest BCUT2D eigenvalue weighted by atomic mass is 10.1. The van der Waals surface area contributed by atoms with Crippen LogP contribution < -0.4 is 20.5 Å². The average molecular weight is 336 g/mol. The summed E-state index contributed by atoms with van der Waals surface area (Å²) in [5.41, 5.74) is 5.38. The third-order valence-corrected chi connectivity index (χ3v) is 3.91. The van der Waals surface area contributed by atoms with E-state index in [4.69, 9.17) is 20.3 Å². The molecule has 1 aromatic carbocycles. The van der Waals surface area contributed by atoms with E-state index < -0.39 is 17.8 Å². The molecule has 2 amide bonds. The molecule has 4 N–H and O–H groups in total. The van der Waals surface area contributed by atoms with Gasteiger partial charge in [-0.3, -0.25) is 14.4 Å². The van der Waals surface area contributed by atoms with Crippen LogP contribution in [0.15, 0.2) is 18.2 Å². The van der Waals surface area contributed by atoms with E-state index in [0.717, 1.165) is 0 Å². The zero-order chi connectivity index (χ0) is 17.7. The van der Waals surface area contributed by atoms with E-state index in [2.05, 4.69) is 5.32 Å². The lowest BCUT2D eigenvalue weighted by molar-refractivity contribution is -0.141. The normalized spacial score (nSPS) is 19.5. The summed E-state index contributed by atoms with van der Waals surface area (Å²) in [5.74, 6) is -1.56. The smallest absolute Gasteiger partial charge is 0.306 e. The van der Waals surface area contributed by atoms with Crippen LogP contribution >= 0.6 is 0 Å². The summed E-state index contributed by atoms with van der Waals surface area (Å²) in [6, 6.07) is 4.40. The Balaban J connectivity index is 2.02. The first-order chi connectivity index (χ1) is 11.4. The zero-order valence-electron chi connectivity index (χ0n) is 13.3. The fourth-order valence-corrected chi connectivity index (χ4v) is 2.68.